The summed E-state index contributed by atoms with van der Waals surface area (Å²) in [5, 5.41) is 10.4. The summed E-state index contributed by atoms with van der Waals surface area (Å²) < 4.78 is 28.2. The van der Waals surface area contributed by atoms with Crippen LogP contribution in [0.25, 0.3) is 0 Å². The van der Waals surface area contributed by atoms with Gasteiger partial charge in [-0.2, -0.15) is 0 Å². The zero-order valence-corrected chi connectivity index (χ0v) is 15.1. The first-order chi connectivity index (χ1) is 11.9. The number of rotatable bonds is 5. The van der Waals surface area contributed by atoms with Gasteiger partial charge in [-0.3, -0.25) is 0 Å². The van der Waals surface area contributed by atoms with Crippen LogP contribution < -0.4 is 10.5 Å². The molecule has 0 saturated heterocycles. The van der Waals surface area contributed by atoms with Crippen molar-refractivity contribution in [2.24, 2.45) is 0 Å². The number of hydrogen-bond donors (Lipinski definition) is 3. The molecule has 0 aliphatic heterocycles. The van der Waals surface area contributed by atoms with Crippen LogP contribution in [0, 0.1) is 0 Å². The van der Waals surface area contributed by atoms with Crippen molar-refractivity contribution in [1.29, 1.82) is 0 Å². The van der Waals surface area contributed by atoms with E-state index in [1.807, 2.05) is 18.2 Å². The number of sulfonamides is 1. The minimum atomic E-state index is -3.73. The van der Waals surface area contributed by atoms with Crippen LogP contribution in [0.4, 0.5) is 5.69 Å². The number of aliphatic hydroxyl groups excluding tert-OH is 1. The monoisotopic (exact) mass is 360 g/mol. The number of aliphatic hydroxyl groups is 1. The Bertz CT molecular complexity index is 847. The fourth-order valence-corrected chi connectivity index (χ4v) is 4.56. The predicted octanol–water partition coefficient (Wildman–Crippen LogP) is 2.55. The molecule has 2 atom stereocenters. The Labute approximate surface area is 148 Å². The minimum Gasteiger partial charge on any atom is -0.399 e. The van der Waals surface area contributed by atoms with Crippen LogP contribution in [0.1, 0.15) is 42.5 Å². The Hall–Kier alpha value is -1.89. The van der Waals surface area contributed by atoms with Gasteiger partial charge in [-0.15, -0.1) is 0 Å². The second-order valence-corrected chi connectivity index (χ2v) is 8.27. The molecule has 0 fully saturated rings. The van der Waals surface area contributed by atoms with Crippen molar-refractivity contribution in [3.8, 4) is 0 Å². The number of nitrogens with one attached hydrogen (secondary N) is 1. The third-order valence-electron chi connectivity index (χ3n) is 4.65. The number of fused-ring (bicyclic) bond motifs is 1. The lowest BCUT2D eigenvalue weighted by Crippen LogP contribution is -2.39. The highest BCUT2D eigenvalue weighted by molar-refractivity contribution is 7.89. The number of benzene rings is 2. The third-order valence-corrected chi connectivity index (χ3v) is 6.11. The molecule has 1 aliphatic carbocycles. The maximum absolute atomic E-state index is 12.8. The highest BCUT2D eigenvalue weighted by Gasteiger charge is 2.32. The number of aryl methyl sites for hydroxylation is 2. The molecule has 2 unspecified atom stereocenters. The molecule has 2 aromatic rings. The van der Waals surface area contributed by atoms with Crippen LogP contribution in [0.15, 0.2) is 47.4 Å². The number of hydrogen-bond acceptors (Lipinski definition) is 4. The maximum atomic E-state index is 12.8. The molecule has 134 valence electrons. The van der Waals surface area contributed by atoms with Crippen LogP contribution >= 0.6 is 0 Å². The zero-order chi connectivity index (χ0) is 18.0. The zero-order valence-electron chi connectivity index (χ0n) is 14.3. The standard InChI is InChI=1S/C19H24N2O3S/c1-2-3-13-4-9-16(10-5-13)25(23,24)21-19-17-12-15(20)8-6-14(17)7-11-18(19)22/h4-6,8-10,12,18-19,21-22H,2-3,7,11,20H2,1H3. The van der Waals surface area contributed by atoms with Crippen LogP contribution in [0.2, 0.25) is 0 Å². The van der Waals surface area contributed by atoms with E-state index >= 15 is 0 Å². The fraction of sp³-hybridized carbons (Fsp3) is 0.368. The molecule has 25 heavy (non-hydrogen) atoms. The van der Waals surface area contributed by atoms with Gasteiger partial charge in [0.2, 0.25) is 10.0 Å². The van der Waals surface area contributed by atoms with Gasteiger partial charge < -0.3 is 10.8 Å². The molecular weight excluding hydrogens is 336 g/mol. The Morgan fingerprint density at radius 1 is 1.20 bits per heavy atom. The molecular formula is C19H24N2O3S. The highest BCUT2D eigenvalue weighted by Crippen LogP contribution is 2.32. The summed E-state index contributed by atoms with van der Waals surface area (Å²) in [5.41, 5.74) is 9.29. The predicted molar refractivity (Wildman–Crippen MR) is 98.7 cm³/mol. The summed E-state index contributed by atoms with van der Waals surface area (Å²) in [6.45, 7) is 2.08. The second kappa shape index (κ2) is 7.15. The number of anilines is 1. The van der Waals surface area contributed by atoms with Crippen molar-refractivity contribution < 1.29 is 13.5 Å². The van der Waals surface area contributed by atoms with Crippen LogP contribution in [0.5, 0.6) is 0 Å². The number of nitrogens with two attached hydrogens (primary N) is 1. The smallest absolute Gasteiger partial charge is 0.241 e. The van der Waals surface area contributed by atoms with E-state index < -0.39 is 22.2 Å². The lowest BCUT2D eigenvalue weighted by molar-refractivity contribution is 0.121. The largest absolute Gasteiger partial charge is 0.399 e. The van der Waals surface area contributed by atoms with Gasteiger partial charge in [0.15, 0.2) is 0 Å². The Balaban J connectivity index is 1.89. The van der Waals surface area contributed by atoms with Gasteiger partial charge in [0, 0.05) is 5.69 Å². The van der Waals surface area contributed by atoms with E-state index in [1.54, 1.807) is 24.3 Å². The Morgan fingerprint density at radius 3 is 2.60 bits per heavy atom. The van der Waals surface area contributed by atoms with Gasteiger partial charge in [-0.05, 0) is 60.2 Å². The van der Waals surface area contributed by atoms with Crippen LogP contribution in [-0.4, -0.2) is 19.6 Å². The molecule has 0 heterocycles. The molecule has 3 rings (SSSR count). The molecule has 2 aromatic carbocycles. The fourth-order valence-electron chi connectivity index (χ4n) is 3.31. The topological polar surface area (TPSA) is 92.4 Å². The van der Waals surface area contributed by atoms with Gasteiger partial charge >= 0.3 is 0 Å². The van der Waals surface area contributed by atoms with Crippen LogP contribution in [0.3, 0.4) is 0 Å². The van der Waals surface area contributed by atoms with E-state index in [-0.39, 0.29) is 4.90 Å². The molecule has 0 bridgehead atoms. The lowest BCUT2D eigenvalue weighted by atomic mass is 9.86. The summed E-state index contributed by atoms with van der Waals surface area (Å²) in [7, 11) is -3.73. The van der Waals surface area contributed by atoms with Crippen molar-refractivity contribution in [3.05, 3.63) is 59.2 Å². The Morgan fingerprint density at radius 2 is 1.92 bits per heavy atom. The summed E-state index contributed by atoms with van der Waals surface area (Å²) in [6, 6.07) is 11.7. The highest BCUT2D eigenvalue weighted by atomic mass is 32.2. The van der Waals surface area contributed by atoms with Crippen molar-refractivity contribution >= 4 is 15.7 Å². The SMILES string of the molecule is CCCc1ccc(S(=O)(=O)NC2c3cc(N)ccc3CCC2O)cc1. The van der Waals surface area contributed by atoms with E-state index in [9.17, 15) is 13.5 Å². The van der Waals surface area contributed by atoms with Crippen molar-refractivity contribution in [1.82, 2.24) is 4.72 Å². The average molecular weight is 360 g/mol. The number of nitrogen functional groups attached to an aromatic ring is 1. The first-order valence-corrected chi connectivity index (χ1v) is 10.1. The van der Waals surface area contributed by atoms with Gasteiger partial charge in [0.1, 0.15) is 0 Å². The molecule has 4 N–H and O–H groups in total. The van der Waals surface area contributed by atoms with Gasteiger partial charge in [0.05, 0.1) is 17.0 Å². The minimum absolute atomic E-state index is 0.204. The van der Waals surface area contributed by atoms with Gasteiger partial charge in [-0.25, -0.2) is 13.1 Å². The molecule has 0 amide bonds. The van der Waals surface area contributed by atoms with E-state index in [0.29, 0.717) is 18.5 Å². The lowest BCUT2D eigenvalue weighted by Gasteiger charge is -2.31. The summed E-state index contributed by atoms with van der Waals surface area (Å²) >= 11 is 0. The maximum Gasteiger partial charge on any atom is 0.241 e. The van der Waals surface area contributed by atoms with E-state index in [2.05, 4.69) is 11.6 Å². The van der Waals surface area contributed by atoms with Crippen molar-refractivity contribution in [2.45, 2.75) is 49.6 Å². The molecule has 0 spiro atoms. The molecule has 1 aliphatic rings. The average Bonchev–Trinajstić information content (AvgIpc) is 2.58. The normalized spacial score (nSPS) is 20.2. The molecule has 0 aromatic heterocycles. The molecule has 0 saturated carbocycles. The molecule has 0 radical (unpaired) electrons. The summed E-state index contributed by atoms with van der Waals surface area (Å²) in [4.78, 5) is 0.204. The molecule has 5 nitrogen and oxygen atoms in total. The summed E-state index contributed by atoms with van der Waals surface area (Å²) in [6.07, 6.45) is 2.38. The third kappa shape index (κ3) is 3.86. The van der Waals surface area contributed by atoms with E-state index in [4.69, 9.17) is 5.73 Å². The second-order valence-electron chi connectivity index (χ2n) is 6.56. The van der Waals surface area contributed by atoms with Gasteiger partial charge in [-0.1, -0.05) is 31.5 Å². The molecule has 6 heteroatoms. The summed E-state index contributed by atoms with van der Waals surface area (Å²) in [5.74, 6) is 0. The van der Waals surface area contributed by atoms with E-state index in [1.165, 1.54) is 0 Å². The quantitative estimate of drug-likeness (QED) is 0.715. The van der Waals surface area contributed by atoms with Crippen LogP contribution in [-0.2, 0) is 22.9 Å². The van der Waals surface area contributed by atoms with Crippen molar-refractivity contribution in [3.63, 3.8) is 0 Å². The first kappa shape index (κ1) is 17.9. The van der Waals surface area contributed by atoms with E-state index in [0.717, 1.165) is 29.5 Å². The first-order valence-electron chi connectivity index (χ1n) is 8.58. The Kier molecular flexibility index (Phi) is 5.13. The van der Waals surface area contributed by atoms with Gasteiger partial charge in [0.25, 0.3) is 0 Å². The van der Waals surface area contributed by atoms with Crippen molar-refractivity contribution in [2.75, 3.05) is 5.73 Å².